The van der Waals surface area contributed by atoms with Crippen LogP contribution in [0.1, 0.15) is 29.9 Å². The van der Waals surface area contributed by atoms with E-state index in [9.17, 15) is 19.5 Å². The predicted molar refractivity (Wildman–Crippen MR) is 103 cm³/mol. The van der Waals surface area contributed by atoms with Crippen molar-refractivity contribution in [1.82, 2.24) is 4.90 Å². The second-order valence-electron chi connectivity index (χ2n) is 6.77. The molecule has 0 saturated heterocycles. The zero-order valence-corrected chi connectivity index (χ0v) is 15.5. The van der Waals surface area contributed by atoms with E-state index < -0.39 is 24.0 Å². The lowest BCUT2D eigenvalue weighted by molar-refractivity contribution is -0.142. The maximum absolute atomic E-state index is 12.4. The van der Waals surface area contributed by atoms with Gasteiger partial charge in [-0.25, -0.2) is 9.59 Å². The molecule has 0 heterocycles. The number of benzene rings is 2. The molecule has 1 aliphatic carbocycles. The van der Waals surface area contributed by atoms with Crippen molar-refractivity contribution in [2.75, 3.05) is 13.7 Å². The van der Waals surface area contributed by atoms with Crippen molar-refractivity contribution in [2.24, 2.45) is 5.73 Å². The summed E-state index contributed by atoms with van der Waals surface area (Å²) in [7, 11) is 1.35. The number of primary amides is 1. The van der Waals surface area contributed by atoms with Crippen LogP contribution < -0.4 is 5.73 Å². The highest BCUT2D eigenvalue weighted by Crippen LogP contribution is 2.44. The van der Waals surface area contributed by atoms with Gasteiger partial charge in [0, 0.05) is 19.4 Å². The molecule has 2 amide bonds. The predicted octanol–water partition coefficient (Wildman–Crippen LogP) is 2.59. The zero-order valence-electron chi connectivity index (χ0n) is 15.5. The average Bonchev–Trinajstić information content (AvgIpc) is 2.99. The van der Waals surface area contributed by atoms with Gasteiger partial charge in [0.05, 0.1) is 0 Å². The summed E-state index contributed by atoms with van der Waals surface area (Å²) in [6, 6.07) is 14.7. The Morgan fingerprint density at radius 2 is 1.61 bits per heavy atom. The molecule has 1 atom stereocenters. The molecular formula is C21H22N2O5. The minimum Gasteiger partial charge on any atom is -0.480 e. The summed E-state index contributed by atoms with van der Waals surface area (Å²) in [5.41, 5.74) is 9.44. The van der Waals surface area contributed by atoms with Gasteiger partial charge in [0.2, 0.25) is 5.91 Å². The largest absolute Gasteiger partial charge is 0.480 e. The van der Waals surface area contributed by atoms with Gasteiger partial charge in [-0.2, -0.15) is 0 Å². The summed E-state index contributed by atoms with van der Waals surface area (Å²) in [4.78, 5) is 35.8. The number of ether oxygens (including phenoxy) is 1. The summed E-state index contributed by atoms with van der Waals surface area (Å²) in [6.07, 6.45) is -0.942. The number of likely N-dealkylation sites (N-methyl/N-ethyl adjacent to an activating group) is 1. The van der Waals surface area contributed by atoms with Crippen molar-refractivity contribution in [3.63, 3.8) is 0 Å². The molecule has 0 radical (unpaired) electrons. The summed E-state index contributed by atoms with van der Waals surface area (Å²) < 4.78 is 5.45. The summed E-state index contributed by atoms with van der Waals surface area (Å²) in [5, 5.41) is 9.34. The number of carboxylic acid groups (broad SMARTS) is 1. The molecule has 0 saturated carbocycles. The number of carboxylic acids is 1. The minimum absolute atomic E-state index is 0.0641. The Bertz CT molecular complexity index is 866. The number of hydrogen-bond acceptors (Lipinski definition) is 4. The first-order valence-electron chi connectivity index (χ1n) is 8.99. The molecule has 2 aromatic rings. The van der Waals surface area contributed by atoms with Gasteiger partial charge in [-0.1, -0.05) is 48.5 Å². The maximum Gasteiger partial charge on any atom is 0.410 e. The van der Waals surface area contributed by atoms with Gasteiger partial charge >= 0.3 is 12.1 Å². The molecule has 1 aliphatic rings. The molecule has 0 fully saturated rings. The van der Waals surface area contributed by atoms with Crippen molar-refractivity contribution in [3.05, 3.63) is 59.7 Å². The molecule has 146 valence electrons. The molecule has 0 spiro atoms. The third-order valence-electron chi connectivity index (χ3n) is 5.04. The Balaban J connectivity index is 1.72. The van der Waals surface area contributed by atoms with E-state index in [0.29, 0.717) is 0 Å². The van der Waals surface area contributed by atoms with Crippen LogP contribution in [0, 0.1) is 0 Å². The molecule has 7 heteroatoms. The van der Waals surface area contributed by atoms with Crippen molar-refractivity contribution in [3.8, 4) is 11.1 Å². The Morgan fingerprint density at radius 1 is 1.07 bits per heavy atom. The van der Waals surface area contributed by atoms with E-state index in [0.717, 1.165) is 27.2 Å². The third-order valence-corrected chi connectivity index (χ3v) is 5.04. The molecule has 1 unspecified atom stereocenters. The highest BCUT2D eigenvalue weighted by atomic mass is 16.6. The van der Waals surface area contributed by atoms with Crippen LogP contribution in [0.3, 0.4) is 0 Å². The van der Waals surface area contributed by atoms with Crippen LogP contribution in [0.5, 0.6) is 0 Å². The Kier molecular flexibility index (Phi) is 5.63. The molecule has 0 aromatic heterocycles. The molecule has 0 aliphatic heterocycles. The second-order valence-corrected chi connectivity index (χ2v) is 6.77. The van der Waals surface area contributed by atoms with Crippen molar-refractivity contribution in [1.29, 1.82) is 0 Å². The molecule has 0 bridgehead atoms. The van der Waals surface area contributed by atoms with Crippen LogP contribution >= 0.6 is 0 Å². The summed E-state index contributed by atoms with van der Waals surface area (Å²) in [5.74, 6) is -1.94. The monoisotopic (exact) mass is 382 g/mol. The lowest BCUT2D eigenvalue weighted by Crippen LogP contribution is -2.43. The zero-order chi connectivity index (χ0) is 20.3. The maximum atomic E-state index is 12.4. The summed E-state index contributed by atoms with van der Waals surface area (Å²) >= 11 is 0. The number of rotatable bonds is 7. The van der Waals surface area contributed by atoms with Gasteiger partial charge in [0.1, 0.15) is 12.6 Å². The number of fused-ring (bicyclic) bond motifs is 3. The number of aliphatic carboxylic acids is 1. The average molecular weight is 382 g/mol. The summed E-state index contributed by atoms with van der Waals surface area (Å²) in [6.45, 7) is 0.0966. The lowest BCUT2D eigenvalue weighted by atomic mass is 9.98. The fraction of sp³-hybridized carbons (Fsp3) is 0.286. The van der Waals surface area contributed by atoms with Gasteiger partial charge in [0.25, 0.3) is 0 Å². The van der Waals surface area contributed by atoms with E-state index in [1.807, 2.05) is 48.5 Å². The van der Waals surface area contributed by atoms with E-state index >= 15 is 0 Å². The number of nitrogens with two attached hydrogens (primary N) is 1. The smallest absolute Gasteiger partial charge is 0.410 e. The quantitative estimate of drug-likeness (QED) is 0.765. The Hall–Kier alpha value is -3.35. The number of carbonyl (C=O) groups excluding carboxylic acids is 2. The normalized spacial score (nSPS) is 13.3. The fourth-order valence-electron chi connectivity index (χ4n) is 3.58. The van der Waals surface area contributed by atoms with E-state index in [-0.39, 0.29) is 25.4 Å². The van der Waals surface area contributed by atoms with Gasteiger partial charge < -0.3 is 15.6 Å². The fourth-order valence-corrected chi connectivity index (χ4v) is 3.58. The molecule has 2 aromatic carbocycles. The van der Waals surface area contributed by atoms with Crippen LogP contribution in [-0.4, -0.2) is 47.7 Å². The van der Waals surface area contributed by atoms with Crippen molar-refractivity contribution >= 4 is 18.0 Å². The first kappa shape index (κ1) is 19.4. The molecule has 28 heavy (non-hydrogen) atoms. The highest BCUT2D eigenvalue weighted by Gasteiger charge is 2.31. The van der Waals surface area contributed by atoms with E-state index in [1.165, 1.54) is 7.05 Å². The molecular weight excluding hydrogens is 360 g/mol. The van der Waals surface area contributed by atoms with Crippen LogP contribution in [-0.2, 0) is 14.3 Å². The molecule has 3 N–H and O–H groups in total. The molecule has 3 rings (SSSR count). The minimum atomic E-state index is -1.21. The Labute approximate surface area is 162 Å². The van der Waals surface area contributed by atoms with Crippen molar-refractivity contribution in [2.45, 2.75) is 24.8 Å². The number of nitrogens with zero attached hydrogens (tertiary/aromatic N) is 1. The first-order chi connectivity index (χ1) is 13.4. The van der Waals surface area contributed by atoms with Crippen LogP contribution in [0.2, 0.25) is 0 Å². The number of carbonyl (C=O) groups is 3. The SMILES string of the molecule is CN(C(=O)OCC1c2ccccc2-c2ccccc21)C(CCC(N)=O)C(=O)O. The van der Waals surface area contributed by atoms with Crippen molar-refractivity contribution < 1.29 is 24.2 Å². The second kappa shape index (κ2) is 8.12. The topological polar surface area (TPSA) is 110 Å². The number of amides is 2. The van der Waals surface area contributed by atoms with Gasteiger partial charge in [-0.05, 0) is 28.7 Å². The molecule has 7 nitrogen and oxygen atoms in total. The van der Waals surface area contributed by atoms with E-state index in [1.54, 1.807) is 0 Å². The lowest BCUT2D eigenvalue weighted by Gasteiger charge is -2.25. The van der Waals surface area contributed by atoms with E-state index in [2.05, 4.69) is 0 Å². The van der Waals surface area contributed by atoms with E-state index in [4.69, 9.17) is 10.5 Å². The van der Waals surface area contributed by atoms with Gasteiger partial charge in [-0.3, -0.25) is 9.69 Å². The third kappa shape index (κ3) is 3.83. The van der Waals surface area contributed by atoms with Gasteiger partial charge in [-0.15, -0.1) is 0 Å². The number of hydrogen-bond donors (Lipinski definition) is 2. The highest BCUT2D eigenvalue weighted by molar-refractivity contribution is 5.82. The van der Waals surface area contributed by atoms with Crippen LogP contribution in [0.4, 0.5) is 4.79 Å². The standard InChI is InChI=1S/C21H22N2O5/c1-23(18(20(25)26)10-11-19(22)24)21(27)28-12-17-15-8-4-2-6-13(15)14-7-3-5-9-16(14)17/h2-9,17-18H,10-12H2,1H3,(H2,22,24)(H,25,26). The first-order valence-corrected chi connectivity index (χ1v) is 8.99. The van der Waals surface area contributed by atoms with Gasteiger partial charge in [0.15, 0.2) is 0 Å². The van der Waals surface area contributed by atoms with Crippen LogP contribution in [0.25, 0.3) is 11.1 Å². The Morgan fingerprint density at radius 3 is 2.11 bits per heavy atom. The van der Waals surface area contributed by atoms with Crippen LogP contribution in [0.15, 0.2) is 48.5 Å².